The molecule has 0 saturated carbocycles. The van der Waals surface area contributed by atoms with Gasteiger partial charge >= 0.3 is 0 Å². The first kappa shape index (κ1) is 17.3. The van der Waals surface area contributed by atoms with Crippen LogP contribution in [0.25, 0.3) is 0 Å². The van der Waals surface area contributed by atoms with Crippen LogP contribution in [0.2, 0.25) is 0 Å². The van der Waals surface area contributed by atoms with Crippen LogP contribution in [-0.2, 0) is 5.75 Å². The Bertz CT molecular complexity index is 694. The van der Waals surface area contributed by atoms with E-state index in [0.717, 1.165) is 27.5 Å². The van der Waals surface area contributed by atoms with Crippen molar-refractivity contribution < 1.29 is 9.32 Å². The molecule has 4 nitrogen and oxygen atoms in total. The highest BCUT2D eigenvalue weighted by atomic mass is 32.2. The average Bonchev–Trinajstić information content (AvgIpc) is 2.95. The quantitative estimate of drug-likeness (QED) is 0.560. The molecule has 5 heteroatoms. The number of carbonyl (C=O) groups is 1. The van der Waals surface area contributed by atoms with Gasteiger partial charge in [-0.25, -0.2) is 0 Å². The van der Waals surface area contributed by atoms with Crippen molar-refractivity contribution in [2.45, 2.75) is 31.4 Å². The van der Waals surface area contributed by atoms with E-state index in [2.05, 4.69) is 11.7 Å². The third-order valence-corrected chi connectivity index (χ3v) is 4.39. The summed E-state index contributed by atoms with van der Waals surface area (Å²) >= 11 is 1.58. The lowest BCUT2D eigenvalue weighted by Crippen LogP contribution is -2.32. The second kappa shape index (κ2) is 8.02. The van der Waals surface area contributed by atoms with Gasteiger partial charge in [0.25, 0.3) is 5.91 Å². The lowest BCUT2D eigenvalue weighted by Gasteiger charge is -2.22. The van der Waals surface area contributed by atoms with Crippen molar-refractivity contribution in [1.82, 2.24) is 10.1 Å². The number of benzene rings is 1. The van der Waals surface area contributed by atoms with Crippen LogP contribution in [0.3, 0.4) is 0 Å². The lowest BCUT2D eigenvalue weighted by molar-refractivity contribution is 0.0775. The molecule has 1 aromatic heterocycles. The van der Waals surface area contributed by atoms with Crippen molar-refractivity contribution in [3.8, 4) is 0 Å². The molecule has 0 fully saturated rings. The Kier molecular flexibility index (Phi) is 6.04. The summed E-state index contributed by atoms with van der Waals surface area (Å²) in [6, 6.07) is 9.59. The molecule has 1 aromatic carbocycles. The van der Waals surface area contributed by atoms with Crippen molar-refractivity contribution in [2.24, 2.45) is 0 Å². The van der Waals surface area contributed by atoms with Crippen molar-refractivity contribution >= 4 is 17.7 Å². The first-order valence-corrected chi connectivity index (χ1v) is 8.57. The van der Waals surface area contributed by atoms with Gasteiger partial charge in [-0.15, -0.1) is 11.8 Å². The predicted molar refractivity (Wildman–Crippen MR) is 93.6 cm³/mol. The number of likely N-dealkylation sites (N-methyl/N-ethyl adjacent to an activating group) is 1. The molecule has 1 heterocycles. The van der Waals surface area contributed by atoms with E-state index >= 15 is 0 Å². The van der Waals surface area contributed by atoms with Gasteiger partial charge in [-0.3, -0.25) is 4.79 Å². The van der Waals surface area contributed by atoms with Crippen molar-refractivity contribution in [3.05, 3.63) is 59.5 Å². The zero-order chi connectivity index (χ0) is 16.8. The van der Waals surface area contributed by atoms with E-state index < -0.39 is 0 Å². The van der Waals surface area contributed by atoms with Gasteiger partial charge in [-0.2, -0.15) is 0 Å². The summed E-state index contributed by atoms with van der Waals surface area (Å²) in [5, 5.41) is 3.89. The second-order valence-corrected chi connectivity index (χ2v) is 6.51. The number of hydrogen-bond donors (Lipinski definition) is 0. The van der Waals surface area contributed by atoms with Gasteiger partial charge in [0.2, 0.25) is 0 Å². The van der Waals surface area contributed by atoms with Crippen LogP contribution in [0.15, 0.2) is 51.9 Å². The third-order valence-electron chi connectivity index (χ3n) is 3.29. The Hall–Kier alpha value is -2.01. The zero-order valence-electron chi connectivity index (χ0n) is 13.8. The zero-order valence-corrected chi connectivity index (χ0v) is 14.7. The summed E-state index contributed by atoms with van der Waals surface area (Å²) in [6.45, 7) is 10.9. The topological polar surface area (TPSA) is 46.3 Å². The molecule has 0 bridgehead atoms. The summed E-state index contributed by atoms with van der Waals surface area (Å²) in [5.74, 6) is 1.49. The number of rotatable bonds is 7. The molecule has 0 aliphatic carbocycles. The number of thioether (sulfide) groups is 1. The van der Waals surface area contributed by atoms with E-state index in [1.165, 1.54) is 0 Å². The fourth-order valence-corrected chi connectivity index (χ4v) is 3.15. The van der Waals surface area contributed by atoms with E-state index in [0.29, 0.717) is 18.8 Å². The Morgan fingerprint density at radius 3 is 2.74 bits per heavy atom. The fraction of sp³-hybridized carbons (Fsp3) is 0.333. The van der Waals surface area contributed by atoms with E-state index in [1.54, 1.807) is 16.7 Å². The number of aryl methyl sites for hydroxylation is 1. The fourth-order valence-electron chi connectivity index (χ4n) is 2.23. The normalized spacial score (nSPS) is 10.6. The number of nitrogens with zero attached hydrogens (tertiary/aromatic N) is 2. The highest BCUT2D eigenvalue weighted by Crippen LogP contribution is 2.27. The minimum atomic E-state index is 0.0346. The molecular weight excluding hydrogens is 308 g/mol. The number of amides is 1. The SMILES string of the molecule is C=C(C)CN(CC)C(=O)c1ccccc1SCc1cc(C)no1. The molecule has 0 radical (unpaired) electrons. The van der Waals surface area contributed by atoms with Crippen LogP contribution < -0.4 is 0 Å². The van der Waals surface area contributed by atoms with Gasteiger partial charge in [0.1, 0.15) is 5.76 Å². The highest BCUT2D eigenvalue weighted by molar-refractivity contribution is 7.98. The minimum Gasteiger partial charge on any atom is -0.360 e. The largest absolute Gasteiger partial charge is 0.360 e. The maximum atomic E-state index is 12.8. The number of aromatic nitrogens is 1. The van der Waals surface area contributed by atoms with E-state index in [9.17, 15) is 4.79 Å². The Labute approximate surface area is 141 Å². The van der Waals surface area contributed by atoms with Crippen LogP contribution in [0.5, 0.6) is 0 Å². The molecule has 0 aliphatic heterocycles. The first-order chi connectivity index (χ1) is 11.0. The van der Waals surface area contributed by atoms with Gasteiger partial charge in [0, 0.05) is 24.1 Å². The Morgan fingerprint density at radius 1 is 1.39 bits per heavy atom. The Balaban J connectivity index is 2.15. The molecular formula is C18H22N2O2S. The lowest BCUT2D eigenvalue weighted by atomic mass is 10.2. The highest BCUT2D eigenvalue weighted by Gasteiger charge is 2.18. The minimum absolute atomic E-state index is 0.0346. The summed E-state index contributed by atoms with van der Waals surface area (Å²) in [4.78, 5) is 15.5. The summed E-state index contributed by atoms with van der Waals surface area (Å²) in [7, 11) is 0. The number of hydrogen-bond acceptors (Lipinski definition) is 4. The molecule has 2 rings (SSSR count). The van der Waals surface area contributed by atoms with Crippen molar-refractivity contribution in [1.29, 1.82) is 0 Å². The van der Waals surface area contributed by atoms with E-state index in [-0.39, 0.29) is 5.91 Å². The third kappa shape index (κ3) is 4.73. The van der Waals surface area contributed by atoms with Crippen molar-refractivity contribution in [2.75, 3.05) is 13.1 Å². The molecule has 2 aromatic rings. The molecule has 0 spiro atoms. The molecule has 0 saturated heterocycles. The molecule has 1 amide bonds. The average molecular weight is 330 g/mol. The second-order valence-electron chi connectivity index (χ2n) is 5.50. The summed E-state index contributed by atoms with van der Waals surface area (Å²) < 4.78 is 5.23. The molecule has 0 unspecified atom stereocenters. The van der Waals surface area contributed by atoms with Gasteiger partial charge in [0.15, 0.2) is 0 Å². The van der Waals surface area contributed by atoms with Gasteiger partial charge < -0.3 is 9.42 Å². The summed E-state index contributed by atoms with van der Waals surface area (Å²) in [6.07, 6.45) is 0. The molecule has 0 aliphatic rings. The van der Waals surface area contributed by atoms with Gasteiger partial charge in [-0.05, 0) is 32.9 Å². The first-order valence-electron chi connectivity index (χ1n) is 7.59. The standard InChI is InChI=1S/C18H22N2O2S/c1-5-20(11-13(2)3)18(21)16-8-6-7-9-17(16)23-12-15-10-14(4)19-22-15/h6-10H,2,5,11-12H2,1,3-4H3. The monoisotopic (exact) mass is 330 g/mol. The predicted octanol–water partition coefficient (Wildman–Crippen LogP) is 4.31. The maximum Gasteiger partial charge on any atom is 0.255 e. The van der Waals surface area contributed by atoms with Crippen LogP contribution in [-0.4, -0.2) is 29.1 Å². The maximum absolute atomic E-state index is 12.8. The van der Waals surface area contributed by atoms with Gasteiger partial charge in [-0.1, -0.05) is 29.4 Å². The van der Waals surface area contributed by atoms with Crippen LogP contribution in [0.1, 0.15) is 35.7 Å². The van der Waals surface area contributed by atoms with Crippen LogP contribution in [0.4, 0.5) is 0 Å². The molecule has 0 N–H and O–H groups in total. The van der Waals surface area contributed by atoms with Crippen LogP contribution in [0, 0.1) is 6.92 Å². The van der Waals surface area contributed by atoms with Crippen LogP contribution >= 0.6 is 11.8 Å². The smallest absolute Gasteiger partial charge is 0.255 e. The Morgan fingerprint density at radius 2 is 2.13 bits per heavy atom. The molecule has 23 heavy (non-hydrogen) atoms. The summed E-state index contributed by atoms with van der Waals surface area (Å²) in [5.41, 5.74) is 2.56. The molecule has 0 atom stereocenters. The molecule has 122 valence electrons. The van der Waals surface area contributed by atoms with Crippen molar-refractivity contribution in [3.63, 3.8) is 0 Å². The number of carbonyl (C=O) groups excluding carboxylic acids is 1. The van der Waals surface area contributed by atoms with E-state index in [4.69, 9.17) is 4.52 Å². The van der Waals surface area contributed by atoms with E-state index in [1.807, 2.05) is 51.1 Å². The van der Waals surface area contributed by atoms with Gasteiger partial charge in [0.05, 0.1) is 17.0 Å².